The predicted molar refractivity (Wildman–Crippen MR) is 133 cm³/mol. The quantitative estimate of drug-likeness (QED) is 0.382. The molecular weight excluding hydrogens is 468 g/mol. The van der Waals surface area contributed by atoms with Crippen LogP contribution in [0.4, 0.5) is 5.13 Å². The largest absolute Gasteiger partial charge is 0.462 e. The van der Waals surface area contributed by atoms with Crippen molar-refractivity contribution in [3.05, 3.63) is 57.4 Å². The Morgan fingerprint density at radius 2 is 1.94 bits per heavy atom. The first-order valence-corrected chi connectivity index (χ1v) is 12.0. The average Bonchev–Trinajstić information content (AvgIpc) is 3.56. The van der Waals surface area contributed by atoms with Crippen LogP contribution in [0.1, 0.15) is 46.2 Å². The summed E-state index contributed by atoms with van der Waals surface area (Å²) in [6.07, 6.45) is 1.85. The predicted octanol–water partition coefficient (Wildman–Crippen LogP) is 4.57. The van der Waals surface area contributed by atoms with E-state index in [9.17, 15) is 9.59 Å². The monoisotopic (exact) mass is 492 g/mol. The third kappa shape index (κ3) is 3.89. The van der Waals surface area contributed by atoms with Gasteiger partial charge in [0.25, 0.3) is 5.91 Å². The highest BCUT2D eigenvalue weighted by molar-refractivity contribution is 7.17. The van der Waals surface area contributed by atoms with Gasteiger partial charge in [0.2, 0.25) is 11.9 Å². The molecule has 10 heteroatoms. The molecule has 3 aromatic rings. The van der Waals surface area contributed by atoms with Crippen LogP contribution in [0.3, 0.4) is 0 Å². The number of nitrogens with zero attached hydrogens (tertiary/aromatic N) is 4. The second kappa shape index (κ2) is 8.70. The molecule has 0 bridgehead atoms. The zero-order valence-corrected chi connectivity index (χ0v) is 20.9. The number of aromatic nitrogens is 2. The molecule has 0 spiro atoms. The lowest BCUT2D eigenvalue weighted by Gasteiger charge is -2.10. The molecule has 0 unspecified atom stereocenters. The van der Waals surface area contributed by atoms with Crippen LogP contribution >= 0.6 is 11.3 Å². The number of hydrazone groups is 1. The first kappa shape index (κ1) is 22.9. The van der Waals surface area contributed by atoms with Gasteiger partial charge in [0, 0.05) is 23.1 Å². The maximum Gasteiger partial charge on any atom is 0.350 e. The molecular formula is C25H24N4O5S. The number of carbonyl (C=O) groups is 2. The van der Waals surface area contributed by atoms with Crippen molar-refractivity contribution in [3.8, 4) is 17.2 Å². The molecule has 0 fully saturated rings. The summed E-state index contributed by atoms with van der Waals surface area (Å²) in [5.74, 6) is 0.693. The van der Waals surface area contributed by atoms with Gasteiger partial charge in [0.15, 0.2) is 11.5 Å². The van der Waals surface area contributed by atoms with Crippen molar-refractivity contribution in [2.75, 3.05) is 18.4 Å². The number of ether oxygens (including phenoxy) is 3. The van der Waals surface area contributed by atoms with E-state index in [1.165, 1.54) is 5.01 Å². The zero-order valence-electron chi connectivity index (χ0n) is 20.0. The summed E-state index contributed by atoms with van der Waals surface area (Å²) in [5.41, 5.74) is 5.40. The van der Waals surface area contributed by atoms with Gasteiger partial charge in [-0.25, -0.2) is 9.78 Å². The van der Waals surface area contributed by atoms with E-state index in [0.717, 1.165) is 39.7 Å². The fourth-order valence-corrected chi connectivity index (χ4v) is 5.09. The van der Waals surface area contributed by atoms with Crippen molar-refractivity contribution >= 4 is 40.1 Å². The second-order valence-corrected chi connectivity index (χ2v) is 9.17. The van der Waals surface area contributed by atoms with E-state index in [2.05, 4.69) is 14.7 Å². The normalized spacial score (nSPS) is 15.8. The van der Waals surface area contributed by atoms with Crippen molar-refractivity contribution in [3.63, 3.8) is 0 Å². The summed E-state index contributed by atoms with van der Waals surface area (Å²) < 4.78 is 18.1. The average molecular weight is 493 g/mol. The lowest BCUT2D eigenvalue weighted by molar-refractivity contribution is -0.114. The summed E-state index contributed by atoms with van der Waals surface area (Å²) in [7, 11) is 0. The molecule has 0 radical (unpaired) electrons. The minimum absolute atomic E-state index is 0.219. The lowest BCUT2D eigenvalue weighted by Crippen LogP contribution is -2.21. The van der Waals surface area contributed by atoms with Gasteiger partial charge in [-0.15, -0.1) is 0 Å². The first-order chi connectivity index (χ1) is 16.8. The van der Waals surface area contributed by atoms with E-state index in [-0.39, 0.29) is 19.3 Å². The Morgan fingerprint density at radius 1 is 1.17 bits per heavy atom. The second-order valence-electron chi connectivity index (χ2n) is 8.19. The lowest BCUT2D eigenvalue weighted by atomic mass is 10.1. The van der Waals surface area contributed by atoms with Gasteiger partial charge < -0.3 is 18.8 Å². The molecule has 5 rings (SSSR count). The topological polar surface area (TPSA) is 95.3 Å². The molecule has 0 aliphatic carbocycles. The van der Waals surface area contributed by atoms with Gasteiger partial charge in [0.05, 0.1) is 23.6 Å². The van der Waals surface area contributed by atoms with Crippen LogP contribution in [0.2, 0.25) is 0 Å². The highest BCUT2D eigenvalue weighted by Crippen LogP contribution is 2.36. The number of fused-ring (bicyclic) bond motifs is 1. The molecule has 0 N–H and O–H groups in total. The van der Waals surface area contributed by atoms with Crippen molar-refractivity contribution < 1.29 is 23.8 Å². The van der Waals surface area contributed by atoms with Crippen LogP contribution in [0.15, 0.2) is 34.9 Å². The fraction of sp³-hybridized carbons (Fsp3) is 0.280. The van der Waals surface area contributed by atoms with E-state index in [4.69, 9.17) is 14.2 Å². The molecule has 35 heavy (non-hydrogen) atoms. The Kier molecular flexibility index (Phi) is 5.68. The summed E-state index contributed by atoms with van der Waals surface area (Å²) in [5, 5.41) is 6.01. The number of carbonyl (C=O) groups excluding carboxylic acids is 2. The van der Waals surface area contributed by atoms with Crippen molar-refractivity contribution in [1.82, 2.24) is 9.55 Å². The molecule has 9 nitrogen and oxygen atoms in total. The Hall–Kier alpha value is -3.92. The SMILES string of the molecule is CCOC(=O)c1sc(N2N=C(C)/C(=C\c3cc(C)n(-c4ccc5c(c4)OCO5)c3C)C2=O)nc1C. The van der Waals surface area contributed by atoms with Crippen molar-refractivity contribution in [2.45, 2.75) is 34.6 Å². The van der Waals surface area contributed by atoms with Gasteiger partial charge in [-0.1, -0.05) is 11.3 Å². The van der Waals surface area contributed by atoms with Gasteiger partial charge in [-0.3, -0.25) is 4.79 Å². The van der Waals surface area contributed by atoms with Crippen LogP contribution < -0.4 is 14.5 Å². The molecule has 180 valence electrons. The fourth-order valence-electron chi connectivity index (χ4n) is 4.18. The smallest absolute Gasteiger partial charge is 0.350 e. The third-order valence-electron chi connectivity index (χ3n) is 5.87. The van der Waals surface area contributed by atoms with Crippen LogP contribution in [-0.4, -0.2) is 40.5 Å². The Balaban J connectivity index is 1.46. The number of hydrogen-bond donors (Lipinski definition) is 0. The van der Waals surface area contributed by atoms with E-state index in [0.29, 0.717) is 32.7 Å². The zero-order chi connectivity index (χ0) is 24.9. The first-order valence-electron chi connectivity index (χ1n) is 11.1. The van der Waals surface area contributed by atoms with E-state index >= 15 is 0 Å². The molecule has 0 saturated heterocycles. The Labute approximate surface area is 206 Å². The number of thiazole rings is 1. The number of amides is 1. The maximum atomic E-state index is 13.3. The summed E-state index contributed by atoms with van der Waals surface area (Å²) in [4.78, 5) is 30.2. The molecule has 0 atom stereocenters. The summed E-state index contributed by atoms with van der Waals surface area (Å²) in [6, 6.07) is 7.85. The number of aryl methyl sites for hydroxylation is 2. The van der Waals surface area contributed by atoms with Crippen LogP contribution in [0, 0.1) is 20.8 Å². The van der Waals surface area contributed by atoms with Crippen LogP contribution in [-0.2, 0) is 9.53 Å². The molecule has 2 aliphatic rings. The molecule has 1 aromatic carbocycles. The summed E-state index contributed by atoms with van der Waals surface area (Å²) >= 11 is 1.09. The number of hydrogen-bond acceptors (Lipinski definition) is 8. The van der Waals surface area contributed by atoms with E-state index < -0.39 is 5.97 Å². The minimum atomic E-state index is -0.451. The highest BCUT2D eigenvalue weighted by atomic mass is 32.1. The molecule has 2 aromatic heterocycles. The molecule has 4 heterocycles. The molecule has 2 aliphatic heterocycles. The van der Waals surface area contributed by atoms with Gasteiger partial charge in [0.1, 0.15) is 4.88 Å². The van der Waals surface area contributed by atoms with E-state index in [1.807, 2.05) is 44.2 Å². The maximum absolute atomic E-state index is 13.3. The van der Waals surface area contributed by atoms with Gasteiger partial charge in [-0.05, 0) is 64.5 Å². The standard InChI is InChI=1S/C25H24N4O5S/c1-6-32-24(31)22-15(4)26-25(35-22)29-23(30)19(14(3)27-29)10-17-9-13(2)28(16(17)5)18-7-8-20-21(11-18)34-12-33-20/h7-11H,6,12H2,1-5H3/b19-10+. The van der Waals surface area contributed by atoms with Crippen LogP contribution in [0.5, 0.6) is 11.5 Å². The highest BCUT2D eigenvalue weighted by Gasteiger charge is 2.32. The summed E-state index contributed by atoms with van der Waals surface area (Å²) in [6.45, 7) is 9.74. The Bertz CT molecular complexity index is 1430. The number of benzene rings is 1. The minimum Gasteiger partial charge on any atom is -0.462 e. The third-order valence-corrected chi connectivity index (χ3v) is 6.99. The van der Waals surface area contributed by atoms with E-state index in [1.54, 1.807) is 20.8 Å². The number of anilines is 1. The van der Waals surface area contributed by atoms with Crippen LogP contribution in [0.25, 0.3) is 11.8 Å². The Morgan fingerprint density at radius 3 is 2.71 bits per heavy atom. The molecule has 1 amide bonds. The van der Waals surface area contributed by atoms with Crippen molar-refractivity contribution in [1.29, 1.82) is 0 Å². The molecule has 0 saturated carbocycles. The number of esters is 1. The number of rotatable bonds is 5. The van der Waals surface area contributed by atoms with Gasteiger partial charge in [-0.2, -0.15) is 10.1 Å². The van der Waals surface area contributed by atoms with Crippen molar-refractivity contribution in [2.24, 2.45) is 5.10 Å². The van der Waals surface area contributed by atoms with Gasteiger partial charge >= 0.3 is 5.97 Å².